The molecule has 0 fully saturated rings. The number of benzene rings is 1. The minimum Gasteiger partial charge on any atom is -0.368 e. The van der Waals surface area contributed by atoms with Crippen LogP contribution in [-0.2, 0) is 0 Å². The predicted octanol–water partition coefficient (Wildman–Crippen LogP) is 3.31. The molecule has 1 aromatic carbocycles. The van der Waals surface area contributed by atoms with Gasteiger partial charge in [0, 0.05) is 11.1 Å². The van der Waals surface area contributed by atoms with E-state index in [9.17, 15) is 0 Å². The number of nitrogens with two attached hydrogens (primary N) is 1. The largest absolute Gasteiger partial charge is 0.368 e. The van der Waals surface area contributed by atoms with Crippen molar-refractivity contribution in [2.75, 3.05) is 11.5 Å². The van der Waals surface area contributed by atoms with Crippen LogP contribution in [0.1, 0.15) is 18.2 Å². The van der Waals surface area contributed by atoms with Crippen LogP contribution in [0.3, 0.4) is 0 Å². The number of thioether (sulfide) groups is 1. The molecule has 4 heteroatoms. The van der Waals surface area contributed by atoms with Gasteiger partial charge in [-0.1, -0.05) is 37.3 Å². The molecular formula is C14H15N3S. The Labute approximate surface area is 111 Å². The summed E-state index contributed by atoms with van der Waals surface area (Å²) < 4.78 is 0. The second kappa shape index (κ2) is 6.21. The summed E-state index contributed by atoms with van der Waals surface area (Å²) in [6.45, 7) is 2.13. The van der Waals surface area contributed by atoms with Gasteiger partial charge in [-0.25, -0.2) is 9.97 Å². The van der Waals surface area contributed by atoms with E-state index < -0.39 is 0 Å². The first-order chi connectivity index (χ1) is 8.79. The monoisotopic (exact) mass is 257 g/mol. The van der Waals surface area contributed by atoms with Crippen LogP contribution in [0.25, 0.3) is 11.0 Å². The van der Waals surface area contributed by atoms with Crippen molar-refractivity contribution < 1.29 is 0 Å². The van der Waals surface area contributed by atoms with Gasteiger partial charge in [0.25, 0.3) is 0 Å². The van der Waals surface area contributed by atoms with Gasteiger partial charge in [0.2, 0.25) is 5.95 Å². The van der Waals surface area contributed by atoms with Gasteiger partial charge in [0.05, 0.1) is 5.69 Å². The third kappa shape index (κ3) is 3.34. The Morgan fingerprint density at radius 2 is 2.06 bits per heavy atom. The van der Waals surface area contributed by atoms with Crippen molar-refractivity contribution in [1.82, 2.24) is 9.97 Å². The van der Waals surface area contributed by atoms with Crippen LogP contribution in [0, 0.1) is 0 Å². The Balaban J connectivity index is 2.36. The first kappa shape index (κ1) is 12.6. The molecule has 2 N–H and O–H groups in total. The minimum absolute atomic E-state index is 0.303. The number of nitrogens with zero attached hydrogens (tertiary/aromatic N) is 2. The predicted molar refractivity (Wildman–Crippen MR) is 78.9 cm³/mol. The molecule has 0 aliphatic rings. The molecule has 0 amide bonds. The van der Waals surface area contributed by atoms with Gasteiger partial charge >= 0.3 is 0 Å². The van der Waals surface area contributed by atoms with Crippen molar-refractivity contribution >= 4 is 28.7 Å². The van der Waals surface area contributed by atoms with E-state index in [1.165, 1.54) is 10.5 Å². The molecule has 92 valence electrons. The van der Waals surface area contributed by atoms with Crippen molar-refractivity contribution in [3.05, 3.63) is 53.9 Å². The van der Waals surface area contributed by atoms with Crippen molar-refractivity contribution in [1.29, 1.82) is 0 Å². The molecular weight excluding hydrogens is 242 g/mol. The molecule has 1 heterocycles. The molecule has 0 atom stereocenters. The van der Waals surface area contributed by atoms with E-state index in [-0.39, 0.29) is 0 Å². The summed E-state index contributed by atoms with van der Waals surface area (Å²) in [6.07, 6.45) is 3.72. The van der Waals surface area contributed by atoms with Crippen LogP contribution < -0.4 is 5.73 Å². The minimum atomic E-state index is 0.303. The van der Waals surface area contributed by atoms with Crippen molar-refractivity contribution in [3.8, 4) is 0 Å². The van der Waals surface area contributed by atoms with E-state index in [0.717, 1.165) is 11.4 Å². The molecule has 3 nitrogen and oxygen atoms in total. The van der Waals surface area contributed by atoms with Crippen LogP contribution in [0.5, 0.6) is 0 Å². The lowest BCUT2D eigenvalue weighted by molar-refractivity contribution is 1.17. The van der Waals surface area contributed by atoms with Crippen LogP contribution in [0.15, 0.2) is 42.6 Å². The number of anilines is 1. The number of aromatic nitrogens is 2. The average molecular weight is 257 g/mol. The zero-order valence-corrected chi connectivity index (χ0v) is 11.0. The fourth-order valence-corrected chi connectivity index (χ4v) is 2.39. The van der Waals surface area contributed by atoms with Gasteiger partial charge < -0.3 is 5.73 Å². The maximum Gasteiger partial charge on any atom is 0.220 e. The summed E-state index contributed by atoms with van der Waals surface area (Å²) in [5.41, 5.74) is 7.62. The fraction of sp³-hybridized carbons (Fsp3) is 0.143. The van der Waals surface area contributed by atoms with Crippen LogP contribution in [-0.4, -0.2) is 15.7 Å². The third-order valence-corrected chi connectivity index (χ3v) is 3.29. The number of nitrogen functional groups attached to an aromatic ring is 1. The summed E-state index contributed by atoms with van der Waals surface area (Å²) in [7, 11) is 0. The lowest BCUT2D eigenvalue weighted by Gasteiger charge is -2.06. The summed E-state index contributed by atoms with van der Waals surface area (Å²) >= 11 is 1.79. The standard InChI is InChI=1S/C14H15N3S/c1-2-18-13(11-6-4-3-5-7-11)10-12-8-9-16-14(15)17-12/h3-10H,2H2,1H3,(H2,15,16,17)/b13-10-. The van der Waals surface area contributed by atoms with Gasteiger partial charge in [-0.2, -0.15) is 0 Å². The molecule has 0 saturated carbocycles. The molecule has 2 rings (SSSR count). The highest BCUT2D eigenvalue weighted by Crippen LogP contribution is 2.28. The van der Waals surface area contributed by atoms with Gasteiger partial charge in [-0.05, 0) is 23.5 Å². The average Bonchev–Trinajstić information content (AvgIpc) is 2.39. The van der Waals surface area contributed by atoms with Crippen molar-refractivity contribution in [2.24, 2.45) is 0 Å². The number of hydrogen-bond acceptors (Lipinski definition) is 4. The second-order valence-electron chi connectivity index (χ2n) is 3.65. The van der Waals surface area contributed by atoms with Crippen LogP contribution >= 0.6 is 11.8 Å². The Kier molecular flexibility index (Phi) is 4.36. The second-order valence-corrected chi connectivity index (χ2v) is 4.95. The zero-order valence-electron chi connectivity index (χ0n) is 10.2. The van der Waals surface area contributed by atoms with E-state index in [1.807, 2.05) is 30.3 Å². The molecule has 0 saturated heterocycles. The van der Waals surface area contributed by atoms with Gasteiger partial charge in [-0.15, -0.1) is 11.8 Å². The molecule has 18 heavy (non-hydrogen) atoms. The molecule has 0 aliphatic carbocycles. The molecule has 0 unspecified atom stereocenters. The summed E-state index contributed by atoms with van der Waals surface area (Å²) in [5.74, 6) is 1.32. The maximum absolute atomic E-state index is 5.59. The fourth-order valence-electron chi connectivity index (χ4n) is 1.57. The SMILES string of the molecule is CCS/C(=C\c1ccnc(N)n1)c1ccccc1. The quantitative estimate of drug-likeness (QED) is 0.913. The highest BCUT2D eigenvalue weighted by atomic mass is 32.2. The molecule has 0 aliphatic heterocycles. The lowest BCUT2D eigenvalue weighted by atomic mass is 10.2. The van der Waals surface area contributed by atoms with Crippen LogP contribution in [0.2, 0.25) is 0 Å². The van der Waals surface area contributed by atoms with E-state index in [4.69, 9.17) is 5.73 Å². The third-order valence-electron chi connectivity index (χ3n) is 2.33. The first-order valence-electron chi connectivity index (χ1n) is 5.78. The molecule has 1 aromatic heterocycles. The molecule has 0 radical (unpaired) electrons. The number of hydrogen-bond donors (Lipinski definition) is 1. The Hall–Kier alpha value is -1.81. The Bertz CT molecular complexity index is 538. The molecule has 2 aromatic rings. The number of rotatable bonds is 4. The topological polar surface area (TPSA) is 51.8 Å². The summed E-state index contributed by atoms with van der Waals surface area (Å²) in [5, 5.41) is 0. The highest BCUT2D eigenvalue weighted by molar-refractivity contribution is 8.08. The van der Waals surface area contributed by atoms with Crippen molar-refractivity contribution in [3.63, 3.8) is 0 Å². The highest BCUT2D eigenvalue weighted by Gasteiger charge is 2.02. The maximum atomic E-state index is 5.59. The van der Waals surface area contributed by atoms with Gasteiger partial charge in [0.1, 0.15) is 0 Å². The van der Waals surface area contributed by atoms with E-state index in [1.54, 1.807) is 18.0 Å². The van der Waals surface area contributed by atoms with Gasteiger partial charge in [0.15, 0.2) is 0 Å². The van der Waals surface area contributed by atoms with E-state index >= 15 is 0 Å². The molecule has 0 spiro atoms. The first-order valence-corrected chi connectivity index (χ1v) is 6.76. The van der Waals surface area contributed by atoms with Gasteiger partial charge in [-0.3, -0.25) is 0 Å². The summed E-state index contributed by atoms with van der Waals surface area (Å²) in [4.78, 5) is 9.29. The normalized spacial score (nSPS) is 11.5. The lowest BCUT2D eigenvalue weighted by Crippen LogP contribution is -1.95. The summed E-state index contributed by atoms with van der Waals surface area (Å²) in [6, 6.07) is 12.1. The Morgan fingerprint density at radius 3 is 2.72 bits per heavy atom. The van der Waals surface area contributed by atoms with Crippen LogP contribution in [0.4, 0.5) is 5.95 Å². The smallest absolute Gasteiger partial charge is 0.220 e. The zero-order chi connectivity index (χ0) is 12.8. The van der Waals surface area contributed by atoms with E-state index in [0.29, 0.717) is 5.95 Å². The van der Waals surface area contributed by atoms with Crippen molar-refractivity contribution in [2.45, 2.75) is 6.92 Å². The Morgan fingerprint density at radius 1 is 1.28 bits per heavy atom. The molecule has 0 bridgehead atoms. The van der Waals surface area contributed by atoms with E-state index in [2.05, 4.69) is 29.0 Å².